The molecule has 2 heterocycles. The highest BCUT2D eigenvalue weighted by atomic mass is 32.1. The third-order valence-corrected chi connectivity index (χ3v) is 3.82. The van der Waals surface area contributed by atoms with Gasteiger partial charge in [-0.2, -0.15) is 11.3 Å². The maximum atomic E-state index is 6.06. The number of thiophene rings is 1. The molecule has 1 saturated heterocycles. The van der Waals surface area contributed by atoms with Gasteiger partial charge in [0, 0.05) is 19.1 Å². The van der Waals surface area contributed by atoms with Crippen molar-refractivity contribution in [2.45, 2.75) is 25.9 Å². The van der Waals surface area contributed by atoms with Gasteiger partial charge in [0.2, 0.25) is 0 Å². The van der Waals surface area contributed by atoms with E-state index in [4.69, 9.17) is 5.73 Å². The first-order valence-electron chi connectivity index (χ1n) is 5.24. The molecule has 1 aromatic heterocycles. The summed E-state index contributed by atoms with van der Waals surface area (Å²) in [4.78, 5) is 2.46. The fourth-order valence-corrected chi connectivity index (χ4v) is 2.61. The molecule has 0 aromatic carbocycles. The molecular formula is C11H18N2S. The summed E-state index contributed by atoms with van der Waals surface area (Å²) in [6.07, 6.45) is 1.24. The molecular weight excluding hydrogens is 192 g/mol. The van der Waals surface area contributed by atoms with Crippen molar-refractivity contribution < 1.29 is 0 Å². The van der Waals surface area contributed by atoms with Crippen molar-refractivity contribution in [3.8, 4) is 0 Å². The SMILES string of the molecule is CC1CCN(Cc2ccsc2)CC1N. The van der Waals surface area contributed by atoms with Crippen LogP contribution in [0.15, 0.2) is 16.8 Å². The summed E-state index contributed by atoms with van der Waals surface area (Å²) in [5, 5.41) is 4.37. The van der Waals surface area contributed by atoms with Gasteiger partial charge in [0.05, 0.1) is 0 Å². The molecule has 0 radical (unpaired) electrons. The molecule has 2 nitrogen and oxygen atoms in total. The summed E-state index contributed by atoms with van der Waals surface area (Å²) >= 11 is 1.77. The number of hydrogen-bond donors (Lipinski definition) is 1. The monoisotopic (exact) mass is 210 g/mol. The topological polar surface area (TPSA) is 29.3 Å². The van der Waals surface area contributed by atoms with Crippen molar-refractivity contribution >= 4 is 11.3 Å². The zero-order chi connectivity index (χ0) is 9.97. The first-order valence-corrected chi connectivity index (χ1v) is 6.19. The zero-order valence-electron chi connectivity index (χ0n) is 8.65. The first-order chi connectivity index (χ1) is 6.75. The van der Waals surface area contributed by atoms with Crippen LogP contribution in [0, 0.1) is 5.92 Å². The molecule has 2 unspecified atom stereocenters. The molecule has 1 aromatic rings. The average molecular weight is 210 g/mol. The molecule has 0 spiro atoms. The second-order valence-corrected chi connectivity index (χ2v) is 5.08. The van der Waals surface area contributed by atoms with Gasteiger partial charge >= 0.3 is 0 Å². The Morgan fingerprint density at radius 1 is 1.64 bits per heavy atom. The molecule has 14 heavy (non-hydrogen) atoms. The number of nitrogens with zero attached hydrogens (tertiary/aromatic N) is 1. The van der Waals surface area contributed by atoms with E-state index in [1.54, 1.807) is 11.3 Å². The molecule has 2 N–H and O–H groups in total. The van der Waals surface area contributed by atoms with E-state index in [0.717, 1.165) is 13.1 Å². The highest BCUT2D eigenvalue weighted by Crippen LogP contribution is 2.18. The van der Waals surface area contributed by atoms with Gasteiger partial charge < -0.3 is 5.73 Å². The quantitative estimate of drug-likeness (QED) is 0.808. The minimum atomic E-state index is 0.363. The van der Waals surface area contributed by atoms with Crippen molar-refractivity contribution in [2.75, 3.05) is 13.1 Å². The van der Waals surface area contributed by atoms with Gasteiger partial charge in [-0.3, -0.25) is 4.90 Å². The molecule has 1 aliphatic heterocycles. The normalized spacial score (nSPS) is 29.3. The van der Waals surface area contributed by atoms with Crippen LogP contribution in [0.1, 0.15) is 18.9 Å². The van der Waals surface area contributed by atoms with Crippen LogP contribution in [0.25, 0.3) is 0 Å². The molecule has 1 aliphatic rings. The molecule has 1 fully saturated rings. The second kappa shape index (κ2) is 4.43. The predicted octanol–water partition coefficient (Wildman–Crippen LogP) is 1.92. The smallest absolute Gasteiger partial charge is 0.0242 e. The maximum Gasteiger partial charge on any atom is 0.0242 e. The van der Waals surface area contributed by atoms with Crippen LogP contribution in [0.3, 0.4) is 0 Å². The standard InChI is InChI=1S/C11H18N2S/c1-9-2-4-13(7-11(9)12)6-10-3-5-14-8-10/h3,5,8-9,11H,2,4,6-7,12H2,1H3. The second-order valence-electron chi connectivity index (χ2n) is 4.30. The van der Waals surface area contributed by atoms with E-state index in [1.165, 1.54) is 18.5 Å². The van der Waals surface area contributed by atoms with Crippen LogP contribution in [-0.4, -0.2) is 24.0 Å². The molecule has 0 aliphatic carbocycles. The Morgan fingerprint density at radius 2 is 2.50 bits per heavy atom. The van der Waals surface area contributed by atoms with E-state index in [0.29, 0.717) is 12.0 Å². The van der Waals surface area contributed by atoms with Crippen LogP contribution < -0.4 is 5.73 Å². The highest BCUT2D eigenvalue weighted by Gasteiger charge is 2.22. The number of piperidine rings is 1. The Bertz CT molecular complexity index is 271. The molecule has 0 amide bonds. The van der Waals surface area contributed by atoms with Gasteiger partial charge in [-0.25, -0.2) is 0 Å². The van der Waals surface area contributed by atoms with Crippen molar-refractivity contribution in [1.29, 1.82) is 0 Å². The van der Waals surface area contributed by atoms with E-state index >= 15 is 0 Å². The van der Waals surface area contributed by atoms with Gasteiger partial charge in [-0.05, 0) is 41.3 Å². The lowest BCUT2D eigenvalue weighted by molar-refractivity contribution is 0.162. The maximum absolute atomic E-state index is 6.06. The Morgan fingerprint density at radius 3 is 3.14 bits per heavy atom. The molecule has 0 saturated carbocycles. The van der Waals surface area contributed by atoms with Gasteiger partial charge in [-0.1, -0.05) is 6.92 Å². The van der Waals surface area contributed by atoms with E-state index < -0.39 is 0 Å². The average Bonchev–Trinajstić information content (AvgIpc) is 2.64. The zero-order valence-corrected chi connectivity index (χ0v) is 9.46. The van der Waals surface area contributed by atoms with Crippen molar-refractivity contribution in [3.63, 3.8) is 0 Å². The largest absolute Gasteiger partial charge is 0.326 e. The Balaban J connectivity index is 1.88. The lowest BCUT2D eigenvalue weighted by Crippen LogP contribution is -2.46. The summed E-state index contributed by atoms with van der Waals surface area (Å²) < 4.78 is 0. The fraction of sp³-hybridized carbons (Fsp3) is 0.636. The van der Waals surface area contributed by atoms with Gasteiger partial charge in [0.1, 0.15) is 0 Å². The third-order valence-electron chi connectivity index (χ3n) is 3.09. The van der Waals surface area contributed by atoms with E-state index in [2.05, 4.69) is 28.7 Å². The van der Waals surface area contributed by atoms with Crippen LogP contribution in [0.4, 0.5) is 0 Å². The Labute approximate surface area is 89.7 Å². The first kappa shape index (κ1) is 10.1. The van der Waals surface area contributed by atoms with Gasteiger partial charge in [0.15, 0.2) is 0 Å². The number of likely N-dealkylation sites (tertiary alicyclic amines) is 1. The molecule has 2 atom stereocenters. The lowest BCUT2D eigenvalue weighted by atomic mass is 9.94. The minimum Gasteiger partial charge on any atom is -0.326 e. The Hall–Kier alpha value is -0.380. The van der Waals surface area contributed by atoms with Crippen molar-refractivity contribution in [2.24, 2.45) is 11.7 Å². The molecule has 0 bridgehead atoms. The van der Waals surface area contributed by atoms with E-state index in [9.17, 15) is 0 Å². The molecule has 2 rings (SSSR count). The Kier molecular flexibility index (Phi) is 3.21. The van der Waals surface area contributed by atoms with Crippen molar-refractivity contribution in [1.82, 2.24) is 4.90 Å². The summed E-state index contributed by atoms with van der Waals surface area (Å²) in [6.45, 7) is 5.58. The summed E-state index contributed by atoms with van der Waals surface area (Å²) in [6, 6.07) is 2.57. The van der Waals surface area contributed by atoms with Gasteiger partial charge in [-0.15, -0.1) is 0 Å². The molecule has 3 heteroatoms. The predicted molar refractivity (Wildman–Crippen MR) is 61.4 cm³/mol. The lowest BCUT2D eigenvalue weighted by Gasteiger charge is -2.34. The van der Waals surface area contributed by atoms with E-state index in [-0.39, 0.29) is 0 Å². The molecule has 78 valence electrons. The third kappa shape index (κ3) is 2.35. The van der Waals surface area contributed by atoms with Crippen molar-refractivity contribution in [3.05, 3.63) is 22.4 Å². The minimum absolute atomic E-state index is 0.363. The van der Waals surface area contributed by atoms with Crippen LogP contribution in [-0.2, 0) is 6.54 Å². The van der Waals surface area contributed by atoms with E-state index in [1.807, 2.05) is 0 Å². The van der Waals surface area contributed by atoms with Crippen LogP contribution >= 0.6 is 11.3 Å². The van der Waals surface area contributed by atoms with Gasteiger partial charge in [0.25, 0.3) is 0 Å². The summed E-state index contributed by atoms with van der Waals surface area (Å²) in [7, 11) is 0. The number of hydrogen-bond acceptors (Lipinski definition) is 3. The summed E-state index contributed by atoms with van der Waals surface area (Å²) in [5.41, 5.74) is 7.49. The number of rotatable bonds is 2. The number of nitrogens with two attached hydrogens (primary N) is 1. The van der Waals surface area contributed by atoms with Crippen LogP contribution in [0.2, 0.25) is 0 Å². The summed E-state index contributed by atoms with van der Waals surface area (Å²) in [5.74, 6) is 0.689. The fourth-order valence-electron chi connectivity index (χ4n) is 1.95. The highest BCUT2D eigenvalue weighted by molar-refractivity contribution is 7.07. The van der Waals surface area contributed by atoms with Crippen LogP contribution in [0.5, 0.6) is 0 Å².